The Bertz CT molecular complexity index is 1140. The van der Waals surface area contributed by atoms with Crippen molar-refractivity contribution in [3.63, 3.8) is 0 Å². The van der Waals surface area contributed by atoms with E-state index < -0.39 is 11.9 Å². The molecule has 0 unspecified atom stereocenters. The summed E-state index contributed by atoms with van der Waals surface area (Å²) in [5, 5.41) is 7.26. The average Bonchev–Trinajstić information content (AvgIpc) is 3.20. The van der Waals surface area contributed by atoms with E-state index in [0.717, 1.165) is 0 Å². The van der Waals surface area contributed by atoms with Gasteiger partial charge in [0.05, 0.1) is 12.7 Å². The van der Waals surface area contributed by atoms with Gasteiger partial charge < -0.3 is 20.5 Å². The molecule has 1 amide bonds. The molecule has 0 bridgehead atoms. The zero-order valence-corrected chi connectivity index (χ0v) is 16.4. The van der Waals surface area contributed by atoms with Crippen molar-refractivity contribution in [3.8, 4) is 11.5 Å². The summed E-state index contributed by atoms with van der Waals surface area (Å²) in [5.41, 5.74) is 7.77. The Labute approximate surface area is 172 Å². The quantitative estimate of drug-likeness (QED) is 0.649. The first kappa shape index (κ1) is 19.4. The van der Waals surface area contributed by atoms with Gasteiger partial charge in [-0.25, -0.2) is 9.07 Å². The van der Waals surface area contributed by atoms with Crippen molar-refractivity contribution in [1.29, 1.82) is 0 Å². The highest BCUT2D eigenvalue weighted by molar-refractivity contribution is 5.95. The molecule has 3 N–H and O–H groups in total. The van der Waals surface area contributed by atoms with Crippen LogP contribution in [0, 0.1) is 5.82 Å². The van der Waals surface area contributed by atoms with Crippen LogP contribution in [0.15, 0.2) is 60.1 Å². The lowest BCUT2D eigenvalue weighted by Gasteiger charge is -2.28. The van der Waals surface area contributed by atoms with Gasteiger partial charge in [0.15, 0.2) is 11.5 Å². The van der Waals surface area contributed by atoms with Gasteiger partial charge in [-0.15, -0.1) is 0 Å². The molecule has 1 aliphatic heterocycles. The summed E-state index contributed by atoms with van der Waals surface area (Å²) in [6.07, 6.45) is 1.40. The van der Waals surface area contributed by atoms with Gasteiger partial charge in [0, 0.05) is 11.3 Å². The number of halogens is 1. The third kappa shape index (κ3) is 3.45. The third-order valence-corrected chi connectivity index (χ3v) is 4.90. The molecule has 3 aromatic rings. The number of nitrogens with zero attached hydrogens (tertiary/aromatic N) is 3. The van der Waals surface area contributed by atoms with Crippen LogP contribution in [-0.2, 0) is 11.4 Å². The highest BCUT2D eigenvalue weighted by atomic mass is 19.1. The van der Waals surface area contributed by atoms with Gasteiger partial charge in [0.1, 0.15) is 24.8 Å². The number of anilines is 1. The molecule has 0 saturated heterocycles. The minimum Gasteiger partial charge on any atom is -0.493 e. The number of fused-ring (bicyclic) bond motifs is 1. The zero-order valence-electron chi connectivity index (χ0n) is 16.4. The van der Waals surface area contributed by atoms with Gasteiger partial charge in [0.25, 0.3) is 0 Å². The molecule has 0 aliphatic carbocycles. The van der Waals surface area contributed by atoms with Crippen molar-refractivity contribution >= 4 is 11.9 Å². The molecular formula is C21H20FN5O3. The van der Waals surface area contributed by atoms with Crippen molar-refractivity contribution in [2.24, 2.45) is 5.73 Å². The number of hydrogen-bond acceptors (Lipinski definition) is 6. The minimum atomic E-state index is -0.573. The summed E-state index contributed by atoms with van der Waals surface area (Å²) in [6.45, 7) is 1.81. The monoisotopic (exact) mass is 409 g/mol. The number of carbonyl (C=O) groups is 1. The molecule has 4 rings (SSSR count). The third-order valence-electron chi connectivity index (χ3n) is 4.90. The van der Waals surface area contributed by atoms with Crippen molar-refractivity contribution in [2.45, 2.75) is 19.6 Å². The molecule has 0 saturated carbocycles. The highest BCUT2D eigenvalue weighted by Gasteiger charge is 2.32. The first-order valence-electron chi connectivity index (χ1n) is 9.21. The topological polar surface area (TPSA) is 104 Å². The second-order valence-electron chi connectivity index (χ2n) is 6.75. The van der Waals surface area contributed by atoms with E-state index in [1.165, 1.54) is 19.5 Å². The number of amides is 1. The number of allylic oxidation sites excluding steroid dienone is 1. The Balaban J connectivity index is 1.69. The molecule has 30 heavy (non-hydrogen) atoms. The van der Waals surface area contributed by atoms with Crippen molar-refractivity contribution in [1.82, 2.24) is 14.8 Å². The Kier molecular flexibility index (Phi) is 5.09. The predicted molar refractivity (Wildman–Crippen MR) is 107 cm³/mol. The van der Waals surface area contributed by atoms with Crippen LogP contribution in [0.1, 0.15) is 24.1 Å². The van der Waals surface area contributed by atoms with E-state index in [1.54, 1.807) is 48.0 Å². The Hall–Kier alpha value is -3.88. The Morgan fingerprint density at radius 3 is 2.80 bits per heavy atom. The van der Waals surface area contributed by atoms with E-state index in [0.29, 0.717) is 39.8 Å². The normalized spacial score (nSPS) is 15.4. The van der Waals surface area contributed by atoms with Gasteiger partial charge in [-0.1, -0.05) is 24.3 Å². The molecular weight excluding hydrogens is 389 g/mol. The summed E-state index contributed by atoms with van der Waals surface area (Å²) < 4.78 is 26.7. The maximum Gasteiger partial charge on any atom is 0.248 e. The number of ether oxygens (including phenoxy) is 2. The standard InChI is InChI=1S/C21H20FN5O3/c1-12-18(20(23)28)19(27-21(26-12)24-11-25-27)13-7-8-16(17(9-13)29-2)30-10-14-5-3-4-6-15(14)22/h3-9,11,19H,10H2,1-2H3,(H2,23,28)(H,24,25,26)/t19-/m0/s1. The number of aromatic nitrogens is 3. The number of nitrogens with two attached hydrogens (primary N) is 1. The largest absolute Gasteiger partial charge is 0.493 e. The van der Waals surface area contributed by atoms with Crippen LogP contribution in [0.4, 0.5) is 10.3 Å². The lowest BCUT2D eigenvalue weighted by molar-refractivity contribution is -0.115. The molecule has 154 valence electrons. The molecule has 0 fully saturated rings. The van der Waals surface area contributed by atoms with E-state index in [-0.39, 0.29) is 12.4 Å². The minimum absolute atomic E-state index is 0.0501. The molecule has 9 heteroatoms. The molecule has 2 heterocycles. The van der Waals surface area contributed by atoms with Crippen LogP contribution < -0.4 is 20.5 Å². The van der Waals surface area contributed by atoms with E-state index in [9.17, 15) is 9.18 Å². The highest BCUT2D eigenvalue weighted by Crippen LogP contribution is 2.38. The van der Waals surface area contributed by atoms with Gasteiger partial charge in [0.2, 0.25) is 11.9 Å². The number of benzene rings is 2. The summed E-state index contributed by atoms with van der Waals surface area (Å²) >= 11 is 0. The zero-order chi connectivity index (χ0) is 21.3. The van der Waals surface area contributed by atoms with Crippen LogP contribution >= 0.6 is 0 Å². The van der Waals surface area contributed by atoms with Crippen LogP contribution in [0.3, 0.4) is 0 Å². The lowest BCUT2D eigenvalue weighted by atomic mass is 9.95. The molecule has 0 spiro atoms. The van der Waals surface area contributed by atoms with Gasteiger partial charge in [-0.2, -0.15) is 10.1 Å². The Morgan fingerprint density at radius 2 is 2.07 bits per heavy atom. The fourth-order valence-corrected chi connectivity index (χ4v) is 3.46. The number of nitrogens with one attached hydrogen (secondary N) is 1. The van der Waals surface area contributed by atoms with E-state index in [1.807, 2.05) is 0 Å². The smallest absolute Gasteiger partial charge is 0.248 e. The fraction of sp³-hybridized carbons (Fsp3) is 0.190. The first-order chi connectivity index (χ1) is 14.5. The van der Waals surface area contributed by atoms with Crippen molar-refractivity contribution < 1.29 is 18.7 Å². The van der Waals surface area contributed by atoms with Crippen molar-refractivity contribution in [2.75, 3.05) is 12.4 Å². The summed E-state index contributed by atoms with van der Waals surface area (Å²) in [4.78, 5) is 16.3. The maximum atomic E-state index is 13.9. The molecule has 0 radical (unpaired) electrons. The van der Waals surface area contributed by atoms with Gasteiger partial charge >= 0.3 is 0 Å². The lowest BCUT2D eigenvalue weighted by Crippen LogP contribution is -2.31. The van der Waals surface area contributed by atoms with Crippen molar-refractivity contribution in [3.05, 3.63) is 77.0 Å². The molecule has 8 nitrogen and oxygen atoms in total. The molecule has 1 aliphatic rings. The summed E-state index contributed by atoms with van der Waals surface area (Å²) in [6, 6.07) is 11.1. The maximum absolute atomic E-state index is 13.9. The second-order valence-corrected chi connectivity index (χ2v) is 6.75. The molecule has 1 atom stereocenters. The van der Waals surface area contributed by atoms with Crippen LogP contribution in [0.25, 0.3) is 0 Å². The summed E-state index contributed by atoms with van der Waals surface area (Å²) in [7, 11) is 1.51. The van der Waals surface area contributed by atoms with Gasteiger partial charge in [-0.3, -0.25) is 4.79 Å². The van der Waals surface area contributed by atoms with Crippen LogP contribution in [0.5, 0.6) is 11.5 Å². The molecule has 1 aromatic heterocycles. The number of carbonyl (C=O) groups excluding carboxylic acids is 1. The summed E-state index contributed by atoms with van der Waals surface area (Å²) in [5.74, 6) is 0.476. The molecule has 2 aromatic carbocycles. The van der Waals surface area contributed by atoms with Crippen LogP contribution in [-0.4, -0.2) is 27.8 Å². The number of hydrogen-bond donors (Lipinski definition) is 2. The average molecular weight is 409 g/mol. The Morgan fingerprint density at radius 1 is 1.27 bits per heavy atom. The SMILES string of the molecule is COc1cc([C@H]2C(C(N)=O)=C(C)Nc3ncnn32)ccc1OCc1ccccc1F. The first-order valence-corrected chi connectivity index (χ1v) is 9.21. The predicted octanol–water partition coefficient (Wildman–Crippen LogP) is 2.78. The van der Waals surface area contributed by atoms with E-state index >= 15 is 0 Å². The fourth-order valence-electron chi connectivity index (χ4n) is 3.46. The number of methoxy groups -OCH3 is 1. The van der Waals surface area contributed by atoms with Gasteiger partial charge in [-0.05, 0) is 30.7 Å². The second kappa shape index (κ2) is 7.86. The van der Waals surface area contributed by atoms with Crippen LogP contribution in [0.2, 0.25) is 0 Å². The van der Waals surface area contributed by atoms with E-state index in [2.05, 4.69) is 15.4 Å². The number of primary amides is 1. The van der Waals surface area contributed by atoms with E-state index in [4.69, 9.17) is 15.2 Å². The number of rotatable bonds is 6.